The molecule has 5 heteroatoms. The van der Waals surface area contributed by atoms with Gasteiger partial charge in [-0.2, -0.15) is 0 Å². The maximum atomic E-state index is 13.6. The van der Waals surface area contributed by atoms with Crippen molar-refractivity contribution < 1.29 is 4.39 Å². The molecule has 0 aromatic heterocycles. The largest absolute Gasteiger partial charge is 0.207 e. The van der Waals surface area contributed by atoms with E-state index in [0.29, 0.717) is 0 Å². The van der Waals surface area contributed by atoms with E-state index in [0.717, 1.165) is 31.6 Å². The van der Waals surface area contributed by atoms with E-state index in [1.165, 1.54) is 11.6 Å². The van der Waals surface area contributed by atoms with E-state index in [1.54, 1.807) is 6.07 Å². The maximum Gasteiger partial charge on any atom is 0.124 e. The molecule has 21 heavy (non-hydrogen) atoms. The predicted octanol–water partition coefficient (Wildman–Crippen LogP) is 6.62. The van der Waals surface area contributed by atoms with Crippen LogP contribution in [0.3, 0.4) is 0 Å². The van der Waals surface area contributed by atoms with E-state index < -0.39 is 0 Å². The van der Waals surface area contributed by atoms with Gasteiger partial charge in [-0.25, -0.2) is 4.39 Å². The van der Waals surface area contributed by atoms with Crippen molar-refractivity contribution in [3.63, 3.8) is 0 Å². The quantitative estimate of drug-likeness (QED) is 0.372. The SMILES string of the molecule is Fc1cc(Br)cc(CC(CBr)(CBr)c2cccc(Br)c2)c1. The number of benzene rings is 2. The monoisotopic (exact) mass is 540 g/mol. The smallest absolute Gasteiger partial charge is 0.124 e. The highest BCUT2D eigenvalue weighted by atomic mass is 79.9. The van der Waals surface area contributed by atoms with Gasteiger partial charge in [-0.05, 0) is 47.9 Å². The lowest BCUT2D eigenvalue weighted by molar-refractivity contribution is 0.546. The molecule has 0 aliphatic carbocycles. The van der Waals surface area contributed by atoms with Crippen molar-refractivity contribution in [1.29, 1.82) is 0 Å². The Balaban J connectivity index is 2.42. The Kier molecular flexibility index (Phi) is 6.48. The van der Waals surface area contributed by atoms with E-state index in [4.69, 9.17) is 0 Å². The average Bonchev–Trinajstić information content (AvgIpc) is 2.44. The second-order valence-electron chi connectivity index (χ2n) is 5.01. The van der Waals surface area contributed by atoms with E-state index >= 15 is 0 Å². The molecule has 0 aliphatic heterocycles. The summed E-state index contributed by atoms with van der Waals surface area (Å²) in [6.07, 6.45) is 0.746. The fourth-order valence-corrected chi connectivity index (χ4v) is 5.19. The van der Waals surface area contributed by atoms with Crippen LogP contribution in [0.25, 0.3) is 0 Å². The summed E-state index contributed by atoms with van der Waals surface area (Å²) < 4.78 is 15.4. The second kappa shape index (κ2) is 7.71. The highest BCUT2D eigenvalue weighted by Gasteiger charge is 2.31. The van der Waals surface area contributed by atoms with Gasteiger partial charge in [-0.15, -0.1) is 0 Å². The molecule has 2 aromatic rings. The molecular formula is C16H13Br4F. The third-order valence-corrected chi connectivity index (χ3v) is 6.51. The van der Waals surface area contributed by atoms with Gasteiger partial charge in [0.2, 0.25) is 0 Å². The summed E-state index contributed by atoms with van der Waals surface area (Å²) in [5.74, 6) is -0.216. The van der Waals surface area contributed by atoms with E-state index in [-0.39, 0.29) is 11.2 Å². The zero-order valence-corrected chi connectivity index (χ0v) is 17.4. The van der Waals surface area contributed by atoms with Gasteiger partial charge < -0.3 is 0 Å². The molecule has 0 N–H and O–H groups in total. The van der Waals surface area contributed by atoms with Crippen molar-refractivity contribution in [3.05, 3.63) is 68.4 Å². The van der Waals surface area contributed by atoms with Crippen LogP contribution in [0.5, 0.6) is 0 Å². The number of alkyl halides is 2. The minimum Gasteiger partial charge on any atom is -0.207 e. The molecule has 2 rings (SSSR count). The Hall–Kier alpha value is 0.290. The van der Waals surface area contributed by atoms with Crippen LogP contribution < -0.4 is 0 Å². The molecule has 0 radical (unpaired) electrons. The molecule has 0 heterocycles. The summed E-state index contributed by atoms with van der Waals surface area (Å²) in [6, 6.07) is 13.3. The average molecular weight is 544 g/mol. The summed E-state index contributed by atoms with van der Waals surface area (Å²) in [4.78, 5) is 0. The molecule has 0 spiro atoms. The Morgan fingerprint density at radius 1 is 0.905 bits per heavy atom. The van der Waals surface area contributed by atoms with Crippen molar-refractivity contribution >= 4 is 63.7 Å². The van der Waals surface area contributed by atoms with Crippen LogP contribution in [0, 0.1) is 5.82 Å². The molecule has 112 valence electrons. The van der Waals surface area contributed by atoms with Gasteiger partial charge in [-0.1, -0.05) is 75.9 Å². The van der Waals surface area contributed by atoms with Crippen molar-refractivity contribution in [2.75, 3.05) is 10.7 Å². The standard InChI is InChI=1S/C16H13Br4F/c17-9-16(10-18,12-2-1-3-13(19)6-12)8-11-4-14(20)7-15(21)5-11/h1-7H,8-10H2. The lowest BCUT2D eigenvalue weighted by Crippen LogP contribution is -2.33. The first-order valence-corrected chi connectivity index (χ1v) is 10.1. The maximum absolute atomic E-state index is 13.6. The van der Waals surface area contributed by atoms with Gasteiger partial charge in [0.25, 0.3) is 0 Å². The Morgan fingerprint density at radius 2 is 1.62 bits per heavy atom. The molecule has 0 amide bonds. The van der Waals surface area contributed by atoms with Gasteiger partial charge >= 0.3 is 0 Å². The van der Waals surface area contributed by atoms with Crippen LogP contribution in [0.2, 0.25) is 0 Å². The summed E-state index contributed by atoms with van der Waals surface area (Å²) in [6.45, 7) is 0. The van der Waals surface area contributed by atoms with Crippen LogP contribution in [0.4, 0.5) is 4.39 Å². The zero-order valence-electron chi connectivity index (χ0n) is 11.1. The molecule has 0 atom stereocenters. The third-order valence-electron chi connectivity index (χ3n) is 3.41. The van der Waals surface area contributed by atoms with Gasteiger partial charge in [0.05, 0.1) is 0 Å². The van der Waals surface area contributed by atoms with Crippen LogP contribution in [0.15, 0.2) is 51.4 Å². The van der Waals surface area contributed by atoms with E-state index in [2.05, 4.69) is 75.9 Å². The summed E-state index contributed by atoms with van der Waals surface area (Å²) in [5.41, 5.74) is 2.06. The fraction of sp³-hybridized carbons (Fsp3) is 0.250. The molecule has 0 bridgehead atoms. The minimum absolute atomic E-state index is 0.128. The van der Waals surface area contributed by atoms with Crippen molar-refractivity contribution in [1.82, 2.24) is 0 Å². The Morgan fingerprint density at radius 3 is 2.19 bits per heavy atom. The molecule has 0 aliphatic rings. The Labute approximate surface area is 158 Å². The van der Waals surface area contributed by atoms with Crippen molar-refractivity contribution in [2.45, 2.75) is 11.8 Å². The van der Waals surface area contributed by atoms with Gasteiger partial charge in [0, 0.05) is 25.0 Å². The van der Waals surface area contributed by atoms with Crippen LogP contribution in [0.1, 0.15) is 11.1 Å². The van der Waals surface area contributed by atoms with Crippen LogP contribution >= 0.6 is 63.7 Å². The third kappa shape index (κ3) is 4.40. The Bertz CT molecular complexity index is 603. The fourth-order valence-electron chi connectivity index (χ4n) is 2.31. The number of hydrogen-bond donors (Lipinski definition) is 0. The molecule has 0 saturated carbocycles. The summed E-state index contributed by atoms with van der Waals surface area (Å²) in [7, 11) is 0. The van der Waals surface area contributed by atoms with Crippen molar-refractivity contribution in [2.24, 2.45) is 0 Å². The van der Waals surface area contributed by atoms with Gasteiger partial charge in [0.15, 0.2) is 0 Å². The molecule has 0 fully saturated rings. The molecule has 0 saturated heterocycles. The second-order valence-corrected chi connectivity index (χ2v) is 7.97. The lowest BCUT2D eigenvalue weighted by atomic mass is 9.79. The first-order chi connectivity index (χ1) is 9.99. The number of halogens is 5. The normalized spacial score (nSPS) is 11.7. The van der Waals surface area contributed by atoms with Crippen molar-refractivity contribution in [3.8, 4) is 0 Å². The minimum atomic E-state index is -0.216. The molecule has 0 nitrogen and oxygen atoms in total. The van der Waals surface area contributed by atoms with Gasteiger partial charge in [0.1, 0.15) is 5.82 Å². The number of rotatable bonds is 5. The first kappa shape index (κ1) is 17.6. The highest BCUT2D eigenvalue weighted by molar-refractivity contribution is 9.11. The highest BCUT2D eigenvalue weighted by Crippen LogP contribution is 2.34. The van der Waals surface area contributed by atoms with Crippen LogP contribution in [-0.4, -0.2) is 10.7 Å². The van der Waals surface area contributed by atoms with Gasteiger partial charge in [-0.3, -0.25) is 0 Å². The molecule has 0 unspecified atom stereocenters. The van der Waals surface area contributed by atoms with E-state index in [1.807, 2.05) is 18.2 Å². The summed E-state index contributed by atoms with van der Waals surface area (Å²) in [5, 5.41) is 1.58. The first-order valence-electron chi connectivity index (χ1n) is 6.32. The van der Waals surface area contributed by atoms with E-state index in [9.17, 15) is 4.39 Å². The topological polar surface area (TPSA) is 0 Å². The summed E-state index contributed by atoms with van der Waals surface area (Å²) >= 11 is 14.2. The lowest BCUT2D eigenvalue weighted by Gasteiger charge is -2.31. The van der Waals surface area contributed by atoms with Crippen LogP contribution in [-0.2, 0) is 11.8 Å². The molecular weight excluding hydrogens is 531 g/mol. The zero-order chi connectivity index (χ0) is 15.5. The predicted molar refractivity (Wildman–Crippen MR) is 101 cm³/mol. The molecule has 2 aromatic carbocycles. The number of hydrogen-bond acceptors (Lipinski definition) is 0.